The highest BCUT2D eigenvalue weighted by atomic mass is 35.5. The smallest absolute Gasteiger partial charge is 0.230 e. The molecule has 1 aromatic heterocycles. The monoisotopic (exact) mass is 440 g/mol. The summed E-state index contributed by atoms with van der Waals surface area (Å²) in [7, 11) is 0. The van der Waals surface area contributed by atoms with Crippen LogP contribution >= 0.6 is 46.6 Å². The van der Waals surface area contributed by atoms with Gasteiger partial charge in [-0.05, 0) is 42.3 Å². The molecule has 0 aliphatic rings. The molecular weight excluding hydrogens is 427 g/mol. The molecule has 2 aromatic carbocycles. The van der Waals surface area contributed by atoms with E-state index >= 15 is 0 Å². The van der Waals surface area contributed by atoms with Gasteiger partial charge in [0.15, 0.2) is 5.16 Å². The third kappa shape index (κ3) is 5.62. The number of amides is 1. The molecule has 0 radical (unpaired) electrons. The van der Waals surface area contributed by atoms with Crippen LogP contribution in [0.5, 0.6) is 0 Å². The summed E-state index contributed by atoms with van der Waals surface area (Å²) in [5, 5.41) is 13.3. The van der Waals surface area contributed by atoms with E-state index in [0.717, 1.165) is 11.3 Å². The molecule has 5 nitrogen and oxygen atoms in total. The first-order chi connectivity index (χ1) is 13.0. The van der Waals surface area contributed by atoms with Crippen LogP contribution in [-0.4, -0.2) is 33.0 Å². The normalized spacial score (nSPS) is 10.8. The van der Waals surface area contributed by atoms with Crippen molar-refractivity contribution in [3.8, 4) is 5.69 Å². The number of carbonyl (C=O) groups is 1. The number of carbonyl (C=O) groups excluding carboxylic acids is 1. The number of aromatic nitrogens is 3. The number of thioether (sulfide) groups is 1. The fraction of sp³-hybridized carbons (Fsp3) is 0.167. The fourth-order valence-electron chi connectivity index (χ4n) is 2.37. The van der Waals surface area contributed by atoms with E-state index in [2.05, 4.69) is 15.5 Å². The predicted octanol–water partition coefficient (Wildman–Crippen LogP) is 4.68. The summed E-state index contributed by atoms with van der Waals surface area (Å²) in [4.78, 5) is 12.1. The van der Waals surface area contributed by atoms with E-state index < -0.39 is 0 Å². The van der Waals surface area contributed by atoms with Gasteiger partial charge in [0.05, 0.1) is 11.4 Å². The molecule has 3 rings (SSSR count). The number of nitrogens with one attached hydrogen (secondary N) is 1. The molecule has 1 N–H and O–H groups in total. The maximum Gasteiger partial charge on any atom is 0.230 e. The first-order valence-electron chi connectivity index (χ1n) is 8.02. The summed E-state index contributed by atoms with van der Waals surface area (Å²) in [6.07, 6.45) is 2.22. The Hall–Kier alpha value is -1.73. The summed E-state index contributed by atoms with van der Waals surface area (Å²) in [5.74, 6) is 0.138. The molecule has 3 aromatic rings. The van der Waals surface area contributed by atoms with Gasteiger partial charge in [-0.3, -0.25) is 9.36 Å². The van der Waals surface area contributed by atoms with Crippen LogP contribution in [0, 0.1) is 0 Å². The summed E-state index contributed by atoms with van der Waals surface area (Å²) in [6.45, 7) is 0.488. The zero-order chi connectivity index (χ0) is 19.2. The van der Waals surface area contributed by atoms with Gasteiger partial charge in [0, 0.05) is 21.6 Å². The Morgan fingerprint density at radius 3 is 2.70 bits per heavy atom. The highest BCUT2D eigenvalue weighted by molar-refractivity contribution is 7.99. The zero-order valence-corrected chi connectivity index (χ0v) is 17.1. The summed E-state index contributed by atoms with van der Waals surface area (Å²) in [6, 6.07) is 12.7. The second-order valence-electron chi connectivity index (χ2n) is 5.59. The van der Waals surface area contributed by atoms with Crippen LogP contribution in [0.1, 0.15) is 5.56 Å². The number of benzene rings is 2. The van der Waals surface area contributed by atoms with Crippen molar-refractivity contribution in [2.75, 3.05) is 12.3 Å². The average Bonchev–Trinajstić information content (AvgIpc) is 3.10. The van der Waals surface area contributed by atoms with E-state index in [1.54, 1.807) is 29.1 Å². The Morgan fingerprint density at radius 1 is 1.11 bits per heavy atom. The molecule has 9 heteroatoms. The third-order valence-corrected chi connectivity index (χ3v) is 5.43. The van der Waals surface area contributed by atoms with Crippen LogP contribution in [-0.2, 0) is 11.2 Å². The van der Waals surface area contributed by atoms with Crippen LogP contribution in [0.25, 0.3) is 5.69 Å². The molecule has 0 fully saturated rings. The predicted molar refractivity (Wildman–Crippen MR) is 110 cm³/mol. The lowest BCUT2D eigenvalue weighted by Gasteiger charge is -2.08. The molecule has 27 heavy (non-hydrogen) atoms. The van der Waals surface area contributed by atoms with Gasteiger partial charge in [-0.1, -0.05) is 58.7 Å². The van der Waals surface area contributed by atoms with Gasteiger partial charge in [0.2, 0.25) is 5.91 Å². The third-order valence-electron chi connectivity index (χ3n) is 3.67. The largest absolute Gasteiger partial charge is 0.355 e. The lowest BCUT2D eigenvalue weighted by molar-refractivity contribution is -0.118. The first kappa shape index (κ1) is 20.0. The lowest BCUT2D eigenvalue weighted by Crippen LogP contribution is -2.27. The number of nitrogens with zero attached hydrogens (tertiary/aromatic N) is 3. The molecule has 0 saturated heterocycles. The second kappa shape index (κ2) is 9.46. The van der Waals surface area contributed by atoms with Crippen molar-refractivity contribution >= 4 is 52.5 Å². The minimum atomic E-state index is -0.0919. The molecule has 0 bridgehead atoms. The molecule has 0 aliphatic heterocycles. The number of hydrogen-bond donors (Lipinski definition) is 1. The summed E-state index contributed by atoms with van der Waals surface area (Å²) >= 11 is 19.3. The van der Waals surface area contributed by atoms with Gasteiger partial charge in [-0.25, -0.2) is 0 Å². The van der Waals surface area contributed by atoms with Gasteiger partial charge in [0.1, 0.15) is 6.33 Å². The molecule has 0 spiro atoms. The van der Waals surface area contributed by atoms with Gasteiger partial charge in [-0.2, -0.15) is 0 Å². The van der Waals surface area contributed by atoms with E-state index in [4.69, 9.17) is 34.8 Å². The maximum absolute atomic E-state index is 12.1. The van der Waals surface area contributed by atoms with Crippen molar-refractivity contribution in [3.63, 3.8) is 0 Å². The van der Waals surface area contributed by atoms with Crippen molar-refractivity contribution < 1.29 is 4.79 Å². The minimum Gasteiger partial charge on any atom is -0.355 e. The van der Waals surface area contributed by atoms with Crippen molar-refractivity contribution in [3.05, 3.63) is 69.4 Å². The van der Waals surface area contributed by atoms with E-state index in [1.807, 2.05) is 24.3 Å². The van der Waals surface area contributed by atoms with Gasteiger partial charge in [0.25, 0.3) is 0 Å². The SMILES string of the molecule is O=C(CSc1nncn1-c1cccc(Cl)c1)NCCc1ccc(Cl)cc1Cl. The van der Waals surface area contributed by atoms with E-state index in [9.17, 15) is 4.79 Å². The molecule has 1 heterocycles. The highest BCUT2D eigenvalue weighted by Crippen LogP contribution is 2.22. The maximum atomic E-state index is 12.1. The Balaban J connectivity index is 1.51. The number of halogens is 3. The topological polar surface area (TPSA) is 59.8 Å². The van der Waals surface area contributed by atoms with Crippen LogP contribution in [0.15, 0.2) is 53.9 Å². The van der Waals surface area contributed by atoms with Crippen LogP contribution in [0.2, 0.25) is 15.1 Å². The van der Waals surface area contributed by atoms with Crippen molar-refractivity contribution in [2.24, 2.45) is 0 Å². The average molecular weight is 442 g/mol. The van der Waals surface area contributed by atoms with Crippen LogP contribution < -0.4 is 5.32 Å². The van der Waals surface area contributed by atoms with Crippen LogP contribution in [0.3, 0.4) is 0 Å². The molecule has 0 unspecified atom stereocenters. The molecular formula is C18H15Cl3N4OS. The van der Waals surface area contributed by atoms with Crippen LogP contribution in [0.4, 0.5) is 0 Å². The Bertz CT molecular complexity index is 948. The van der Waals surface area contributed by atoms with E-state index in [0.29, 0.717) is 33.2 Å². The van der Waals surface area contributed by atoms with Crippen molar-refractivity contribution in [1.29, 1.82) is 0 Å². The van der Waals surface area contributed by atoms with Crippen molar-refractivity contribution in [1.82, 2.24) is 20.1 Å². The van der Waals surface area contributed by atoms with Gasteiger partial charge < -0.3 is 5.32 Å². The summed E-state index contributed by atoms with van der Waals surface area (Å²) in [5.41, 5.74) is 1.78. The van der Waals surface area contributed by atoms with Gasteiger partial charge in [-0.15, -0.1) is 10.2 Å². The number of hydrogen-bond acceptors (Lipinski definition) is 4. The Labute approximate surface area is 176 Å². The highest BCUT2D eigenvalue weighted by Gasteiger charge is 2.10. The standard InChI is InChI=1S/C18H15Cl3N4OS/c19-13-2-1-3-15(8-13)25-11-23-24-18(25)27-10-17(26)22-7-6-12-4-5-14(20)9-16(12)21/h1-5,8-9,11H,6-7,10H2,(H,22,26). The fourth-order valence-corrected chi connectivity index (χ4v) is 3.81. The quantitative estimate of drug-likeness (QED) is 0.541. The molecule has 0 aliphatic carbocycles. The first-order valence-corrected chi connectivity index (χ1v) is 10.1. The number of rotatable bonds is 7. The molecule has 140 valence electrons. The molecule has 0 atom stereocenters. The van der Waals surface area contributed by atoms with Crippen molar-refractivity contribution in [2.45, 2.75) is 11.6 Å². The van der Waals surface area contributed by atoms with E-state index in [-0.39, 0.29) is 11.7 Å². The summed E-state index contributed by atoms with van der Waals surface area (Å²) < 4.78 is 1.79. The minimum absolute atomic E-state index is 0.0919. The van der Waals surface area contributed by atoms with Gasteiger partial charge >= 0.3 is 0 Å². The lowest BCUT2D eigenvalue weighted by atomic mass is 10.1. The van der Waals surface area contributed by atoms with E-state index in [1.165, 1.54) is 11.8 Å². The Morgan fingerprint density at radius 2 is 1.93 bits per heavy atom. The Kier molecular flexibility index (Phi) is 7.01. The molecule has 1 amide bonds. The molecule has 0 saturated carbocycles. The second-order valence-corrected chi connectivity index (χ2v) is 7.81. The zero-order valence-electron chi connectivity index (χ0n) is 14.0.